The Labute approximate surface area is 93.8 Å². The third-order valence-corrected chi connectivity index (χ3v) is 2.66. The molecule has 2 rings (SSSR count). The molecule has 6 heteroatoms. The van der Waals surface area contributed by atoms with E-state index >= 15 is 0 Å². The van der Waals surface area contributed by atoms with Gasteiger partial charge in [-0.05, 0) is 12.8 Å². The number of ether oxygens (including phenoxy) is 1. The van der Waals surface area contributed by atoms with Crippen molar-refractivity contribution in [3.63, 3.8) is 0 Å². The molecule has 1 amide bonds. The van der Waals surface area contributed by atoms with Crippen LogP contribution < -0.4 is 11.1 Å². The number of hydrogen-bond acceptors (Lipinski definition) is 4. The maximum absolute atomic E-state index is 11.6. The molecule has 16 heavy (non-hydrogen) atoms. The maximum Gasteiger partial charge on any atom is 0.244 e. The minimum absolute atomic E-state index is 0.126. The smallest absolute Gasteiger partial charge is 0.244 e. The molecular formula is C10H16N4O2. The molecule has 1 aromatic heterocycles. The lowest BCUT2D eigenvalue weighted by molar-refractivity contribution is -0.118. The highest BCUT2D eigenvalue weighted by molar-refractivity contribution is 5.99. The molecule has 1 saturated carbocycles. The van der Waals surface area contributed by atoms with Gasteiger partial charge >= 0.3 is 0 Å². The Bertz CT molecular complexity index is 384. The molecule has 88 valence electrons. The molecule has 1 aliphatic rings. The molecule has 0 radical (unpaired) electrons. The monoisotopic (exact) mass is 224 g/mol. The molecule has 3 N–H and O–H groups in total. The van der Waals surface area contributed by atoms with Crippen molar-refractivity contribution in [2.75, 3.05) is 19.0 Å². The number of nitrogens with two attached hydrogens (primary N) is 1. The summed E-state index contributed by atoms with van der Waals surface area (Å²) in [6, 6.07) is 0. The minimum Gasteiger partial charge on any atom is -0.383 e. The lowest BCUT2D eigenvalue weighted by atomic mass is 10.3. The zero-order valence-corrected chi connectivity index (χ0v) is 9.27. The Morgan fingerprint density at radius 3 is 3.12 bits per heavy atom. The molecule has 0 aliphatic heterocycles. The predicted molar refractivity (Wildman–Crippen MR) is 58.9 cm³/mol. The summed E-state index contributed by atoms with van der Waals surface area (Å²) in [5.41, 5.74) is 5.80. The van der Waals surface area contributed by atoms with Crippen molar-refractivity contribution >= 4 is 11.6 Å². The topological polar surface area (TPSA) is 82.2 Å². The number of nitrogens with zero attached hydrogens (tertiary/aromatic N) is 2. The molecule has 1 heterocycles. The Hall–Kier alpha value is -1.40. The molecular weight excluding hydrogens is 208 g/mol. The first-order valence-electron chi connectivity index (χ1n) is 5.26. The molecule has 1 fully saturated rings. The van der Waals surface area contributed by atoms with Gasteiger partial charge in [0.1, 0.15) is 0 Å². The lowest BCUT2D eigenvalue weighted by Crippen LogP contribution is -2.37. The maximum atomic E-state index is 11.6. The van der Waals surface area contributed by atoms with E-state index in [0.717, 1.165) is 12.8 Å². The summed E-state index contributed by atoms with van der Waals surface area (Å²) in [5, 5.41) is 6.84. The van der Waals surface area contributed by atoms with Gasteiger partial charge in [-0.2, -0.15) is 5.10 Å². The van der Waals surface area contributed by atoms with E-state index in [1.165, 1.54) is 0 Å². The Morgan fingerprint density at radius 2 is 2.50 bits per heavy atom. The molecule has 0 bridgehead atoms. The Morgan fingerprint density at radius 1 is 1.75 bits per heavy atom. The van der Waals surface area contributed by atoms with Crippen molar-refractivity contribution in [1.82, 2.24) is 9.78 Å². The van der Waals surface area contributed by atoms with Gasteiger partial charge in [-0.3, -0.25) is 9.48 Å². The summed E-state index contributed by atoms with van der Waals surface area (Å²) >= 11 is 0. The van der Waals surface area contributed by atoms with Gasteiger partial charge in [0.15, 0.2) is 0 Å². The standard InChI is InChI=1S/C10H16N4O2/c1-16-5-4-14-7-8(6-12-14)13-9(15)10(11)2-3-10/h6-7H,2-5,11H2,1H3,(H,13,15). The van der Waals surface area contributed by atoms with E-state index in [2.05, 4.69) is 10.4 Å². The molecule has 0 spiro atoms. The minimum atomic E-state index is -0.644. The average molecular weight is 224 g/mol. The number of methoxy groups -OCH3 is 1. The van der Waals surface area contributed by atoms with Crippen LogP contribution in [0.4, 0.5) is 5.69 Å². The molecule has 1 aromatic rings. The second kappa shape index (κ2) is 4.23. The first-order chi connectivity index (χ1) is 7.64. The summed E-state index contributed by atoms with van der Waals surface area (Å²) < 4.78 is 6.65. The zero-order valence-electron chi connectivity index (χ0n) is 9.27. The van der Waals surface area contributed by atoms with Crippen LogP contribution in [0.2, 0.25) is 0 Å². The second-order valence-corrected chi connectivity index (χ2v) is 4.10. The highest BCUT2D eigenvalue weighted by Crippen LogP contribution is 2.33. The van der Waals surface area contributed by atoms with Crippen LogP contribution in [0.25, 0.3) is 0 Å². The van der Waals surface area contributed by atoms with Crippen LogP contribution in [0.5, 0.6) is 0 Å². The summed E-state index contributed by atoms with van der Waals surface area (Å²) in [5.74, 6) is -0.126. The van der Waals surface area contributed by atoms with Crippen molar-refractivity contribution in [3.8, 4) is 0 Å². The van der Waals surface area contributed by atoms with Crippen molar-refractivity contribution in [2.45, 2.75) is 24.9 Å². The third kappa shape index (κ3) is 2.40. The number of rotatable bonds is 5. The molecule has 1 aliphatic carbocycles. The first kappa shape index (κ1) is 11.1. The van der Waals surface area contributed by atoms with Gasteiger partial charge in [0, 0.05) is 13.3 Å². The highest BCUT2D eigenvalue weighted by Gasteiger charge is 2.45. The normalized spacial score (nSPS) is 17.1. The van der Waals surface area contributed by atoms with Crippen LogP contribution in [0.1, 0.15) is 12.8 Å². The number of anilines is 1. The van der Waals surface area contributed by atoms with E-state index in [1.54, 1.807) is 24.2 Å². The van der Waals surface area contributed by atoms with E-state index in [4.69, 9.17) is 10.5 Å². The van der Waals surface area contributed by atoms with Gasteiger partial charge in [-0.15, -0.1) is 0 Å². The van der Waals surface area contributed by atoms with Crippen molar-refractivity contribution < 1.29 is 9.53 Å². The predicted octanol–water partition coefficient (Wildman–Crippen LogP) is -0.0407. The van der Waals surface area contributed by atoms with Gasteiger partial charge in [0.25, 0.3) is 0 Å². The number of aromatic nitrogens is 2. The van der Waals surface area contributed by atoms with E-state index < -0.39 is 5.54 Å². The van der Waals surface area contributed by atoms with Gasteiger partial charge in [-0.1, -0.05) is 0 Å². The van der Waals surface area contributed by atoms with Gasteiger partial charge < -0.3 is 15.8 Å². The first-order valence-corrected chi connectivity index (χ1v) is 5.26. The molecule has 6 nitrogen and oxygen atoms in total. The third-order valence-electron chi connectivity index (χ3n) is 2.66. The molecule has 0 saturated heterocycles. The average Bonchev–Trinajstić information content (AvgIpc) is 2.87. The van der Waals surface area contributed by atoms with Crippen molar-refractivity contribution in [2.24, 2.45) is 5.73 Å². The Balaban J connectivity index is 1.89. The number of hydrogen-bond donors (Lipinski definition) is 2. The van der Waals surface area contributed by atoms with E-state index in [9.17, 15) is 4.79 Å². The van der Waals surface area contributed by atoms with Gasteiger partial charge in [0.05, 0.1) is 30.6 Å². The van der Waals surface area contributed by atoms with Gasteiger partial charge in [0.2, 0.25) is 5.91 Å². The number of amides is 1. The number of carbonyl (C=O) groups is 1. The summed E-state index contributed by atoms with van der Waals surface area (Å²) in [4.78, 5) is 11.6. The van der Waals surface area contributed by atoms with E-state index in [0.29, 0.717) is 18.8 Å². The quantitative estimate of drug-likeness (QED) is 0.735. The van der Waals surface area contributed by atoms with Crippen LogP contribution in [0.3, 0.4) is 0 Å². The van der Waals surface area contributed by atoms with Crippen LogP contribution in [0.15, 0.2) is 12.4 Å². The van der Waals surface area contributed by atoms with Gasteiger partial charge in [-0.25, -0.2) is 0 Å². The zero-order chi connectivity index (χ0) is 11.6. The molecule has 0 unspecified atom stereocenters. The fourth-order valence-electron chi connectivity index (χ4n) is 1.35. The van der Waals surface area contributed by atoms with E-state index in [1.807, 2.05) is 0 Å². The fraction of sp³-hybridized carbons (Fsp3) is 0.600. The van der Waals surface area contributed by atoms with Crippen molar-refractivity contribution in [1.29, 1.82) is 0 Å². The number of carbonyl (C=O) groups excluding carboxylic acids is 1. The summed E-state index contributed by atoms with van der Waals surface area (Å²) in [6.07, 6.45) is 4.90. The number of nitrogens with one attached hydrogen (secondary N) is 1. The summed E-state index contributed by atoms with van der Waals surface area (Å²) in [6.45, 7) is 1.26. The highest BCUT2D eigenvalue weighted by atomic mass is 16.5. The van der Waals surface area contributed by atoms with Crippen LogP contribution in [-0.2, 0) is 16.1 Å². The summed E-state index contributed by atoms with van der Waals surface area (Å²) in [7, 11) is 1.64. The van der Waals surface area contributed by atoms with E-state index in [-0.39, 0.29) is 5.91 Å². The van der Waals surface area contributed by atoms with Crippen LogP contribution >= 0.6 is 0 Å². The SMILES string of the molecule is COCCn1cc(NC(=O)C2(N)CC2)cn1. The Kier molecular flexibility index (Phi) is 2.93. The molecule has 0 aromatic carbocycles. The van der Waals surface area contributed by atoms with Crippen molar-refractivity contribution in [3.05, 3.63) is 12.4 Å². The molecule has 0 atom stereocenters. The fourth-order valence-corrected chi connectivity index (χ4v) is 1.35. The second-order valence-electron chi connectivity index (χ2n) is 4.10. The largest absolute Gasteiger partial charge is 0.383 e. The van der Waals surface area contributed by atoms with Crippen LogP contribution in [-0.4, -0.2) is 34.9 Å². The lowest BCUT2D eigenvalue weighted by Gasteiger charge is -2.07. The van der Waals surface area contributed by atoms with Crippen LogP contribution in [0, 0.1) is 0 Å².